The highest BCUT2D eigenvalue weighted by Gasteiger charge is 2.60. The third-order valence-electron chi connectivity index (χ3n) is 9.83. The van der Waals surface area contributed by atoms with Crippen molar-refractivity contribution in [2.45, 2.75) is 84.7 Å². The Morgan fingerprint density at radius 3 is 2.40 bits per heavy atom. The summed E-state index contributed by atoms with van der Waals surface area (Å²) in [6.45, 7) is 8.20. The average molecular weight is 349 g/mol. The van der Waals surface area contributed by atoms with Crippen LogP contribution in [0.2, 0.25) is 0 Å². The fourth-order valence-electron chi connectivity index (χ4n) is 8.57. The van der Waals surface area contributed by atoms with Gasteiger partial charge in [-0.2, -0.15) is 0 Å². The molecule has 25 heavy (non-hydrogen) atoms. The fraction of sp³-hybridized carbons (Fsp3) is 1.00. The van der Waals surface area contributed by atoms with Gasteiger partial charge in [0.15, 0.2) is 0 Å². The van der Waals surface area contributed by atoms with Gasteiger partial charge in [0.1, 0.15) is 0 Å². The predicted octanol–water partition coefficient (Wildman–Crippen LogP) is 5.29. The third kappa shape index (κ3) is 2.73. The number of aliphatic hydroxyl groups excluding tert-OH is 1. The second-order valence-electron chi connectivity index (χ2n) is 10.7. The van der Waals surface area contributed by atoms with E-state index >= 15 is 0 Å². The number of ether oxygens (including phenoxy) is 1. The molecular weight excluding hydrogens is 308 g/mol. The minimum absolute atomic E-state index is 0.122. The van der Waals surface area contributed by atoms with Crippen LogP contribution in [0, 0.1) is 46.3 Å². The quantitative estimate of drug-likeness (QED) is 0.751. The number of hydrogen-bond donors (Lipinski definition) is 1. The lowest BCUT2D eigenvalue weighted by Crippen LogP contribution is -2.54. The van der Waals surface area contributed by atoms with Crippen LogP contribution < -0.4 is 0 Å². The molecule has 0 bridgehead atoms. The average Bonchev–Trinajstić information content (AvgIpc) is 2.93. The van der Waals surface area contributed by atoms with Gasteiger partial charge in [-0.3, -0.25) is 0 Å². The van der Waals surface area contributed by atoms with Crippen LogP contribution in [0.1, 0.15) is 78.6 Å². The van der Waals surface area contributed by atoms with E-state index < -0.39 is 0 Å². The lowest BCUT2D eigenvalue weighted by atomic mass is 9.44. The summed E-state index contributed by atoms with van der Waals surface area (Å²) in [4.78, 5) is 0. The van der Waals surface area contributed by atoms with E-state index in [9.17, 15) is 5.11 Å². The number of hydrogen-bond acceptors (Lipinski definition) is 2. The summed E-state index contributed by atoms with van der Waals surface area (Å²) in [7, 11) is 1.87. The summed E-state index contributed by atoms with van der Waals surface area (Å²) in [6.07, 6.45) is 12.4. The lowest BCUT2D eigenvalue weighted by molar-refractivity contribution is -0.127. The molecule has 0 aliphatic heterocycles. The van der Waals surface area contributed by atoms with Gasteiger partial charge in [0.05, 0.1) is 6.10 Å². The first-order valence-electron chi connectivity index (χ1n) is 11.1. The molecule has 0 heterocycles. The van der Waals surface area contributed by atoms with E-state index in [0.717, 1.165) is 36.2 Å². The Hall–Kier alpha value is -0.0800. The largest absolute Gasteiger partial charge is 0.393 e. The van der Waals surface area contributed by atoms with Gasteiger partial charge in [0.2, 0.25) is 0 Å². The van der Waals surface area contributed by atoms with Gasteiger partial charge < -0.3 is 9.84 Å². The standard InChI is InChI=1S/C23H40O2/c1-15(24)19-7-8-20-18-6-5-17-13-16(14-25-4)9-11-22(17,2)21(18)10-12-23(19,20)3/h15-21,24H,5-14H2,1-4H3/t15-,16-,17+,18+,19-,20+,21+,22+,23-/m1/s1. The van der Waals surface area contributed by atoms with Crippen molar-refractivity contribution in [2.24, 2.45) is 46.3 Å². The Labute approximate surface area is 155 Å². The third-order valence-corrected chi connectivity index (χ3v) is 9.83. The second kappa shape index (κ2) is 6.51. The molecule has 2 nitrogen and oxygen atoms in total. The Kier molecular flexibility index (Phi) is 4.77. The van der Waals surface area contributed by atoms with E-state index in [-0.39, 0.29) is 6.10 Å². The summed E-state index contributed by atoms with van der Waals surface area (Å²) in [6, 6.07) is 0. The second-order valence-corrected chi connectivity index (χ2v) is 10.7. The van der Waals surface area contributed by atoms with E-state index in [2.05, 4.69) is 13.8 Å². The van der Waals surface area contributed by atoms with E-state index in [1.54, 1.807) is 0 Å². The molecule has 4 aliphatic carbocycles. The van der Waals surface area contributed by atoms with Crippen molar-refractivity contribution < 1.29 is 9.84 Å². The van der Waals surface area contributed by atoms with Gasteiger partial charge in [0.25, 0.3) is 0 Å². The first kappa shape index (κ1) is 18.3. The highest BCUT2D eigenvalue weighted by atomic mass is 16.5. The molecule has 0 aromatic rings. The van der Waals surface area contributed by atoms with Gasteiger partial charge in [-0.1, -0.05) is 13.8 Å². The van der Waals surface area contributed by atoms with Crippen molar-refractivity contribution in [2.75, 3.05) is 13.7 Å². The van der Waals surface area contributed by atoms with E-state index in [4.69, 9.17) is 4.74 Å². The van der Waals surface area contributed by atoms with Crippen LogP contribution >= 0.6 is 0 Å². The molecule has 9 atom stereocenters. The van der Waals surface area contributed by atoms with Crippen molar-refractivity contribution in [1.82, 2.24) is 0 Å². The number of methoxy groups -OCH3 is 1. The smallest absolute Gasteiger partial charge is 0.0545 e. The van der Waals surface area contributed by atoms with Crippen LogP contribution in [0.3, 0.4) is 0 Å². The van der Waals surface area contributed by atoms with Crippen molar-refractivity contribution in [3.8, 4) is 0 Å². The highest BCUT2D eigenvalue weighted by Crippen LogP contribution is 2.68. The van der Waals surface area contributed by atoms with Crippen LogP contribution in [0.5, 0.6) is 0 Å². The molecule has 0 saturated heterocycles. The summed E-state index contributed by atoms with van der Waals surface area (Å²) in [5.41, 5.74) is 0.989. The fourth-order valence-corrected chi connectivity index (χ4v) is 8.57. The summed E-state index contributed by atoms with van der Waals surface area (Å²) >= 11 is 0. The Bertz CT molecular complexity index is 488. The van der Waals surface area contributed by atoms with Crippen LogP contribution in [-0.4, -0.2) is 24.9 Å². The molecule has 0 spiro atoms. The van der Waals surface area contributed by atoms with Crippen molar-refractivity contribution in [1.29, 1.82) is 0 Å². The predicted molar refractivity (Wildman–Crippen MR) is 102 cm³/mol. The maximum absolute atomic E-state index is 10.4. The van der Waals surface area contributed by atoms with Gasteiger partial charge in [-0.05, 0) is 111 Å². The molecule has 2 heteroatoms. The first-order chi connectivity index (χ1) is 11.9. The molecular formula is C23H40O2. The summed E-state index contributed by atoms with van der Waals surface area (Å²) in [5, 5.41) is 10.4. The Morgan fingerprint density at radius 2 is 1.68 bits per heavy atom. The zero-order valence-corrected chi connectivity index (χ0v) is 17.0. The molecule has 1 N–H and O–H groups in total. The van der Waals surface area contributed by atoms with Crippen LogP contribution in [0.15, 0.2) is 0 Å². The SMILES string of the molecule is COC[C@@H]1CC[C@@]2(C)[C@@H](CC[C@@H]3[C@@H]2CC[C@]2(C)[C@@H]([C@@H](C)O)CC[C@@H]32)C1. The molecule has 0 unspecified atom stereocenters. The molecule has 0 aromatic carbocycles. The number of aliphatic hydroxyl groups is 1. The van der Waals surface area contributed by atoms with Gasteiger partial charge in [-0.15, -0.1) is 0 Å². The first-order valence-corrected chi connectivity index (χ1v) is 11.1. The van der Waals surface area contributed by atoms with Crippen molar-refractivity contribution in [3.63, 3.8) is 0 Å². The Balaban J connectivity index is 1.54. The minimum atomic E-state index is -0.122. The molecule has 4 saturated carbocycles. The van der Waals surface area contributed by atoms with Gasteiger partial charge in [-0.25, -0.2) is 0 Å². The molecule has 0 amide bonds. The molecule has 4 aliphatic rings. The zero-order valence-electron chi connectivity index (χ0n) is 17.0. The maximum atomic E-state index is 10.4. The Morgan fingerprint density at radius 1 is 0.960 bits per heavy atom. The van der Waals surface area contributed by atoms with E-state index in [1.165, 1.54) is 57.8 Å². The number of rotatable bonds is 3. The molecule has 0 radical (unpaired) electrons. The van der Waals surface area contributed by atoms with Crippen molar-refractivity contribution >= 4 is 0 Å². The monoisotopic (exact) mass is 348 g/mol. The highest BCUT2D eigenvalue weighted by molar-refractivity contribution is 5.09. The summed E-state index contributed by atoms with van der Waals surface area (Å²) < 4.78 is 5.48. The molecule has 144 valence electrons. The van der Waals surface area contributed by atoms with Crippen LogP contribution in [0.4, 0.5) is 0 Å². The minimum Gasteiger partial charge on any atom is -0.393 e. The molecule has 4 fully saturated rings. The normalized spacial score (nSPS) is 53.6. The topological polar surface area (TPSA) is 29.5 Å². The molecule has 4 rings (SSSR count). The molecule has 0 aromatic heterocycles. The van der Waals surface area contributed by atoms with Crippen LogP contribution in [-0.2, 0) is 4.74 Å². The van der Waals surface area contributed by atoms with E-state index in [1.807, 2.05) is 14.0 Å². The summed E-state index contributed by atoms with van der Waals surface area (Å²) in [5.74, 6) is 5.03. The van der Waals surface area contributed by atoms with Gasteiger partial charge >= 0.3 is 0 Å². The maximum Gasteiger partial charge on any atom is 0.0545 e. The van der Waals surface area contributed by atoms with E-state index in [0.29, 0.717) is 16.7 Å². The zero-order chi connectivity index (χ0) is 17.8. The number of fused-ring (bicyclic) bond motifs is 5. The van der Waals surface area contributed by atoms with Crippen LogP contribution in [0.25, 0.3) is 0 Å². The van der Waals surface area contributed by atoms with Crippen molar-refractivity contribution in [3.05, 3.63) is 0 Å². The van der Waals surface area contributed by atoms with Gasteiger partial charge in [0, 0.05) is 13.7 Å². The lowest BCUT2D eigenvalue weighted by Gasteiger charge is -2.61.